The second-order valence-corrected chi connectivity index (χ2v) is 8.09. The molecule has 1 N–H and O–H groups in total. The van der Waals surface area contributed by atoms with Gasteiger partial charge in [-0.3, -0.25) is 4.99 Å². The second kappa shape index (κ2) is 9.78. The van der Waals surface area contributed by atoms with E-state index in [0.717, 1.165) is 45.3 Å². The molecule has 1 aromatic heterocycles. The lowest BCUT2D eigenvalue weighted by molar-refractivity contribution is 0.386. The molecule has 0 aliphatic carbocycles. The van der Waals surface area contributed by atoms with Crippen LogP contribution in [0.5, 0.6) is 5.75 Å². The number of aromatic hydroxyl groups is 1. The monoisotopic (exact) mass is 429 g/mol. The molecule has 7 heteroatoms. The highest BCUT2D eigenvalue weighted by atomic mass is 35.5. The van der Waals surface area contributed by atoms with Crippen molar-refractivity contribution < 1.29 is 5.11 Å². The van der Waals surface area contributed by atoms with E-state index in [-0.39, 0.29) is 30.9 Å². The van der Waals surface area contributed by atoms with Gasteiger partial charge < -0.3 is 14.6 Å². The van der Waals surface area contributed by atoms with Crippen LogP contribution in [-0.2, 0) is 6.54 Å². The molecule has 2 aromatic carbocycles. The molecule has 0 atom stereocenters. The fraction of sp³-hybridized carbons (Fsp3) is 0.450. The minimum absolute atomic E-state index is 0. The number of halogens is 2. The zero-order valence-corrected chi connectivity index (χ0v) is 19.0. The number of fused-ring (bicyclic) bond motifs is 3. The first kappa shape index (κ1) is 23.8. The number of phenols is 1. The van der Waals surface area contributed by atoms with Gasteiger partial charge >= 0.3 is 0 Å². The van der Waals surface area contributed by atoms with Gasteiger partial charge in [0, 0.05) is 28.9 Å². The standard InChI is InChI=1S/C20H27N3OS.2ClH/c1-13(2)21-20-23(12-8-11-22(4)5)17-15-9-6-7-10-16(15)18(24)14(3)19(17)25-20;;/h6-7,9-10,13,24H,8,11-12H2,1-5H3;2*1H/b21-20+;;. The number of benzene rings is 2. The summed E-state index contributed by atoms with van der Waals surface area (Å²) < 4.78 is 3.48. The van der Waals surface area contributed by atoms with Crippen molar-refractivity contribution in [2.45, 2.75) is 39.8 Å². The van der Waals surface area contributed by atoms with E-state index in [4.69, 9.17) is 4.99 Å². The molecule has 0 aliphatic rings. The Morgan fingerprint density at radius 1 is 1.15 bits per heavy atom. The summed E-state index contributed by atoms with van der Waals surface area (Å²) in [7, 11) is 4.21. The molecule has 27 heavy (non-hydrogen) atoms. The summed E-state index contributed by atoms with van der Waals surface area (Å²) in [5.41, 5.74) is 2.15. The number of thiazole rings is 1. The number of hydrogen-bond acceptors (Lipinski definition) is 4. The quantitative estimate of drug-likeness (QED) is 0.621. The number of rotatable bonds is 5. The largest absolute Gasteiger partial charge is 0.507 e. The lowest BCUT2D eigenvalue weighted by atomic mass is 10.0. The Labute approximate surface area is 177 Å². The number of aromatic nitrogens is 1. The van der Waals surface area contributed by atoms with Gasteiger partial charge in [-0.05, 0) is 47.8 Å². The predicted octanol–water partition coefficient (Wildman–Crippen LogP) is 4.97. The van der Waals surface area contributed by atoms with Gasteiger partial charge in [-0.15, -0.1) is 24.8 Å². The SMILES string of the molecule is Cc1c(O)c2ccccc2c2c1s/c(=N/C(C)C)n2CCCN(C)C.Cl.Cl. The van der Waals surface area contributed by atoms with Crippen molar-refractivity contribution in [3.05, 3.63) is 34.6 Å². The van der Waals surface area contributed by atoms with Crippen LogP contribution in [0.1, 0.15) is 25.8 Å². The van der Waals surface area contributed by atoms with Crippen molar-refractivity contribution in [3.8, 4) is 5.75 Å². The van der Waals surface area contributed by atoms with E-state index in [0.29, 0.717) is 5.75 Å². The Balaban J connectivity index is 0.00000182. The molecular formula is C20H29Cl2N3OS. The number of nitrogens with zero attached hydrogens (tertiary/aromatic N) is 3. The molecule has 4 nitrogen and oxygen atoms in total. The molecule has 0 unspecified atom stereocenters. The minimum Gasteiger partial charge on any atom is -0.507 e. The lowest BCUT2D eigenvalue weighted by Gasteiger charge is -2.13. The summed E-state index contributed by atoms with van der Waals surface area (Å²) in [4.78, 5) is 8.11. The van der Waals surface area contributed by atoms with E-state index < -0.39 is 0 Å². The van der Waals surface area contributed by atoms with E-state index in [2.05, 4.69) is 43.5 Å². The molecule has 0 aliphatic heterocycles. The van der Waals surface area contributed by atoms with E-state index in [1.54, 1.807) is 11.3 Å². The first-order valence-electron chi connectivity index (χ1n) is 8.82. The number of phenolic OH excluding ortho intramolecular Hbond substituents is 1. The molecule has 0 saturated heterocycles. The predicted molar refractivity (Wildman–Crippen MR) is 122 cm³/mol. The van der Waals surface area contributed by atoms with Gasteiger partial charge in [0.1, 0.15) is 5.75 Å². The van der Waals surface area contributed by atoms with E-state index in [1.165, 1.54) is 5.52 Å². The van der Waals surface area contributed by atoms with Crippen LogP contribution in [0, 0.1) is 6.92 Å². The molecule has 150 valence electrons. The third-order valence-corrected chi connectivity index (χ3v) is 5.61. The Bertz CT molecular complexity index is 977. The third-order valence-electron chi connectivity index (χ3n) is 4.40. The van der Waals surface area contributed by atoms with Gasteiger partial charge in [0.25, 0.3) is 0 Å². The van der Waals surface area contributed by atoms with Crippen molar-refractivity contribution in [3.63, 3.8) is 0 Å². The Morgan fingerprint density at radius 3 is 2.37 bits per heavy atom. The van der Waals surface area contributed by atoms with Gasteiger partial charge in [0.2, 0.25) is 0 Å². The normalized spacial score (nSPS) is 12.0. The van der Waals surface area contributed by atoms with Crippen LogP contribution < -0.4 is 4.80 Å². The highest BCUT2D eigenvalue weighted by molar-refractivity contribution is 7.16. The van der Waals surface area contributed by atoms with E-state index in [9.17, 15) is 5.11 Å². The van der Waals surface area contributed by atoms with Gasteiger partial charge in [-0.1, -0.05) is 35.6 Å². The average Bonchev–Trinajstić information content (AvgIpc) is 2.90. The molecule has 0 bridgehead atoms. The Kier molecular flexibility index (Phi) is 8.61. The molecule has 3 rings (SSSR count). The maximum absolute atomic E-state index is 10.6. The van der Waals surface area contributed by atoms with Crippen molar-refractivity contribution in [2.24, 2.45) is 4.99 Å². The number of aryl methyl sites for hydroxylation is 2. The molecule has 0 saturated carbocycles. The van der Waals surface area contributed by atoms with Crippen molar-refractivity contribution >= 4 is 57.1 Å². The number of hydrogen-bond donors (Lipinski definition) is 1. The highest BCUT2D eigenvalue weighted by Gasteiger charge is 2.16. The van der Waals surface area contributed by atoms with Gasteiger partial charge in [-0.2, -0.15) is 0 Å². The first-order chi connectivity index (χ1) is 11.9. The van der Waals surface area contributed by atoms with E-state index in [1.807, 2.05) is 25.1 Å². The zero-order valence-electron chi connectivity index (χ0n) is 16.5. The summed E-state index contributed by atoms with van der Waals surface area (Å²) in [6, 6.07) is 8.37. The van der Waals surface area contributed by atoms with Crippen molar-refractivity contribution in [1.29, 1.82) is 0 Å². The van der Waals surface area contributed by atoms with E-state index >= 15 is 0 Å². The fourth-order valence-corrected chi connectivity index (χ4v) is 4.52. The van der Waals surface area contributed by atoms with Crippen LogP contribution in [0.15, 0.2) is 29.3 Å². The molecule has 1 heterocycles. The first-order valence-corrected chi connectivity index (χ1v) is 9.64. The van der Waals surface area contributed by atoms with Crippen LogP contribution >= 0.6 is 36.2 Å². The van der Waals surface area contributed by atoms with Crippen molar-refractivity contribution in [2.75, 3.05) is 20.6 Å². The summed E-state index contributed by atoms with van der Waals surface area (Å²) in [5.74, 6) is 0.390. The van der Waals surface area contributed by atoms with Crippen LogP contribution in [0.3, 0.4) is 0 Å². The van der Waals surface area contributed by atoms with Crippen LogP contribution in [0.2, 0.25) is 0 Å². The zero-order chi connectivity index (χ0) is 18.1. The summed E-state index contributed by atoms with van der Waals surface area (Å²) >= 11 is 1.69. The second-order valence-electron chi connectivity index (χ2n) is 7.11. The summed E-state index contributed by atoms with van der Waals surface area (Å²) in [6.07, 6.45) is 1.07. The summed E-state index contributed by atoms with van der Waals surface area (Å²) in [6.45, 7) is 8.19. The van der Waals surface area contributed by atoms with Crippen molar-refractivity contribution in [1.82, 2.24) is 9.47 Å². The van der Waals surface area contributed by atoms with Gasteiger partial charge in [0.15, 0.2) is 4.80 Å². The highest BCUT2D eigenvalue weighted by Crippen LogP contribution is 2.38. The van der Waals surface area contributed by atoms with Crippen LogP contribution in [0.25, 0.3) is 21.0 Å². The Hall–Kier alpha value is -1.27. The molecule has 0 spiro atoms. The molecule has 0 radical (unpaired) electrons. The smallest absolute Gasteiger partial charge is 0.186 e. The minimum atomic E-state index is 0. The Morgan fingerprint density at radius 2 is 1.78 bits per heavy atom. The third kappa shape index (κ3) is 4.77. The topological polar surface area (TPSA) is 40.8 Å². The van der Waals surface area contributed by atoms with Gasteiger partial charge in [0.05, 0.1) is 10.2 Å². The van der Waals surface area contributed by atoms with Crippen LogP contribution in [0.4, 0.5) is 0 Å². The average molecular weight is 430 g/mol. The van der Waals surface area contributed by atoms with Gasteiger partial charge in [-0.25, -0.2) is 0 Å². The van der Waals surface area contributed by atoms with Crippen LogP contribution in [-0.4, -0.2) is 41.3 Å². The molecule has 0 amide bonds. The molecular weight excluding hydrogens is 401 g/mol. The molecule has 3 aromatic rings. The molecule has 0 fully saturated rings. The summed E-state index contributed by atoms with van der Waals surface area (Å²) in [5, 5.41) is 12.7. The lowest BCUT2D eigenvalue weighted by Crippen LogP contribution is -2.20. The maximum atomic E-state index is 10.6. The fourth-order valence-electron chi connectivity index (χ4n) is 3.21. The maximum Gasteiger partial charge on any atom is 0.186 e.